The number of ether oxygens (including phenoxy) is 1. The Morgan fingerprint density at radius 1 is 1.20 bits per heavy atom. The summed E-state index contributed by atoms with van der Waals surface area (Å²) in [6.07, 6.45) is 3.10. The van der Waals surface area contributed by atoms with E-state index in [1.807, 2.05) is 13.0 Å². The lowest BCUT2D eigenvalue weighted by Crippen LogP contribution is -2.26. The van der Waals surface area contributed by atoms with Gasteiger partial charge in [-0.05, 0) is 36.9 Å². The van der Waals surface area contributed by atoms with Gasteiger partial charge in [-0.15, -0.1) is 0 Å². The predicted octanol–water partition coefficient (Wildman–Crippen LogP) is 2.97. The lowest BCUT2D eigenvalue weighted by atomic mass is 9.97. The molecule has 1 aliphatic heterocycles. The van der Waals surface area contributed by atoms with Crippen molar-refractivity contribution in [3.8, 4) is 17.0 Å². The fourth-order valence-corrected chi connectivity index (χ4v) is 3.02. The van der Waals surface area contributed by atoms with E-state index in [1.54, 1.807) is 19.2 Å². The summed E-state index contributed by atoms with van der Waals surface area (Å²) in [5, 5.41) is 4.08. The summed E-state index contributed by atoms with van der Waals surface area (Å²) in [6, 6.07) is 3.57. The van der Waals surface area contributed by atoms with Crippen LogP contribution in [-0.4, -0.2) is 22.5 Å². The molecular weight excluding hydrogens is 323 g/mol. The van der Waals surface area contributed by atoms with Crippen LogP contribution in [0.1, 0.15) is 11.3 Å². The van der Waals surface area contributed by atoms with Crippen molar-refractivity contribution in [1.29, 1.82) is 0 Å². The molecule has 1 aliphatic rings. The Hall–Kier alpha value is -3.22. The Labute approximate surface area is 142 Å². The highest BCUT2D eigenvalue weighted by Crippen LogP contribution is 2.39. The standard InChI is InChI=1S/C18H15FN4O2/c1-8-3-10-4-11(15(19)16(20)13(10)6-21-8)12-5-22-18-17(9(12)2)23-14(24)7-25-18/h3-6H,7,20H2,1-2H3,(H,23,24). The third-order valence-corrected chi connectivity index (χ3v) is 4.33. The summed E-state index contributed by atoms with van der Waals surface area (Å²) in [6.45, 7) is 3.56. The average Bonchev–Trinajstić information content (AvgIpc) is 2.59. The van der Waals surface area contributed by atoms with E-state index in [-0.39, 0.29) is 18.2 Å². The van der Waals surface area contributed by atoms with Gasteiger partial charge in [0.15, 0.2) is 12.4 Å². The third kappa shape index (κ3) is 2.36. The largest absolute Gasteiger partial charge is 0.466 e. The van der Waals surface area contributed by atoms with Gasteiger partial charge in [0.2, 0.25) is 5.88 Å². The number of carbonyl (C=O) groups is 1. The molecule has 1 aromatic carbocycles. The number of hydrogen-bond donors (Lipinski definition) is 2. The molecule has 0 saturated carbocycles. The number of hydrogen-bond acceptors (Lipinski definition) is 5. The van der Waals surface area contributed by atoms with Crippen LogP contribution in [-0.2, 0) is 4.79 Å². The van der Waals surface area contributed by atoms with Crippen molar-refractivity contribution in [2.45, 2.75) is 13.8 Å². The van der Waals surface area contributed by atoms with Gasteiger partial charge in [0.25, 0.3) is 5.91 Å². The number of carbonyl (C=O) groups excluding carboxylic acids is 1. The number of nitrogens with two attached hydrogens (primary N) is 1. The number of amides is 1. The first-order valence-electron chi connectivity index (χ1n) is 7.72. The van der Waals surface area contributed by atoms with Gasteiger partial charge in [-0.1, -0.05) is 0 Å². The number of halogens is 1. The van der Waals surface area contributed by atoms with Gasteiger partial charge in [0.05, 0.1) is 5.69 Å². The normalized spacial score (nSPS) is 13.3. The first-order chi connectivity index (χ1) is 12.0. The molecule has 0 spiro atoms. The SMILES string of the molecule is Cc1cc2cc(-c3cnc4c(c3C)NC(=O)CO4)c(F)c(N)c2cn1. The molecule has 0 fully saturated rings. The Morgan fingerprint density at radius 2 is 2.00 bits per heavy atom. The summed E-state index contributed by atoms with van der Waals surface area (Å²) in [4.78, 5) is 20.0. The third-order valence-electron chi connectivity index (χ3n) is 4.33. The number of nitrogens with one attached hydrogen (secondary N) is 1. The zero-order chi connectivity index (χ0) is 17.7. The monoisotopic (exact) mass is 338 g/mol. The van der Waals surface area contributed by atoms with Crippen LogP contribution < -0.4 is 15.8 Å². The quantitative estimate of drug-likeness (QED) is 0.666. The van der Waals surface area contributed by atoms with Gasteiger partial charge in [-0.3, -0.25) is 9.78 Å². The topological polar surface area (TPSA) is 90.1 Å². The molecule has 3 N–H and O–H groups in total. The molecule has 1 amide bonds. The van der Waals surface area contributed by atoms with Crippen molar-refractivity contribution in [3.63, 3.8) is 0 Å². The van der Waals surface area contributed by atoms with Crippen LogP contribution in [0.15, 0.2) is 24.5 Å². The van der Waals surface area contributed by atoms with Crippen LogP contribution in [0, 0.1) is 19.7 Å². The summed E-state index contributed by atoms with van der Waals surface area (Å²) in [5.41, 5.74) is 8.83. The average molecular weight is 338 g/mol. The smallest absolute Gasteiger partial charge is 0.262 e. The van der Waals surface area contributed by atoms with Gasteiger partial charge in [0.1, 0.15) is 5.69 Å². The summed E-state index contributed by atoms with van der Waals surface area (Å²) in [7, 11) is 0. The highest BCUT2D eigenvalue weighted by atomic mass is 19.1. The molecule has 0 radical (unpaired) electrons. The minimum atomic E-state index is -0.536. The predicted molar refractivity (Wildman–Crippen MR) is 92.9 cm³/mol. The maximum atomic E-state index is 14.9. The van der Waals surface area contributed by atoms with Crippen LogP contribution >= 0.6 is 0 Å². The number of benzene rings is 1. The maximum Gasteiger partial charge on any atom is 0.262 e. The first kappa shape index (κ1) is 15.3. The maximum absolute atomic E-state index is 14.9. The molecule has 7 heteroatoms. The number of fused-ring (bicyclic) bond motifs is 2. The van der Waals surface area contributed by atoms with Gasteiger partial charge in [-0.2, -0.15) is 0 Å². The highest BCUT2D eigenvalue weighted by molar-refractivity contribution is 5.99. The van der Waals surface area contributed by atoms with Crippen LogP contribution in [0.3, 0.4) is 0 Å². The molecule has 4 rings (SSSR count). The zero-order valence-electron chi connectivity index (χ0n) is 13.7. The van der Waals surface area contributed by atoms with Crippen molar-refractivity contribution in [1.82, 2.24) is 9.97 Å². The van der Waals surface area contributed by atoms with Crippen molar-refractivity contribution in [2.24, 2.45) is 0 Å². The molecule has 6 nitrogen and oxygen atoms in total. The van der Waals surface area contributed by atoms with E-state index >= 15 is 0 Å². The molecule has 0 bridgehead atoms. The lowest BCUT2D eigenvalue weighted by Gasteiger charge is -2.21. The van der Waals surface area contributed by atoms with Gasteiger partial charge in [-0.25, -0.2) is 9.37 Å². The summed E-state index contributed by atoms with van der Waals surface area (Å²) < 4.78 is 20.2. The van der Waals surface area contributed by atoms with E-state index in [1.165, 1.54) is 6.20 Å². The lowest BCUT2D eigenvalue weighted by molar-refractivity contribution is -0.118. The molecule has 0 atom stereocenters. The van der Waals surface area contributed by atoms with Gasteiger partial charge in [0, 0.05) is 34.6 Å². The molecular formula is C18H15FN4O2. The Morgan fingerprint density at radius 3 is 2.80 bits per heavy atom. The minimum Gasteiger partial charge on any atom is -0.466 e. The van der Waals surface area contributed by atoms with Crippen molar-refractivity contribution in [3.05, 3.63) is 41.6 Å². The number of rotatable bonds is 1. The van der Waals surface area contributed by atoms with Crippen LogP contribution in [0.5, 0.6) is 5.88 Å². The molecule has 3 heterocycles. The molecule has 0 unspecified atom stereocenters. The van der Waals surface area contributed by atoms with Crippen molar-refractivity contribution >= 4 is 28.1 Å². The number of aryl methyl sites for hydroxylation is 1. The van der Waals surface area contributed by atoms with E-state index in [4.69, 9.17) is 10.5 Å². The number of nitrogens with zero attached hydrogens (tertiary/aromatic N) is 2. The van der Waals surface area contributed by atoms with Gasteiger partial charge < -0.3 is 15.8 Å². The summed E-state index contributed by atoms with van der Waals surface area (Å²) >= 11 is 0. The first-order valence-corrected chi connectivity index (χ1v) is 7.72. The van der Waals surface area contributed by atoms with E-state index < -0.39 is 5.82 Å². The Kier molecular flexibility index (Phi) is 3.31. The van der Waals surface area contributed by atoms with Crippen molar-refractivity contribution < 1.29 is 13.9 Å². The molecule has 3 aromatic rings. The Balaban J connectivity index is 1.97. The molecule has 2 aromatic heterocycles. The van der Waals surface area contributed by atoms with E-state index in [0.717, 1.165) is 11.1 Å². The van der Waals surface area contributed by atoms with E-state index in [0.29, 0.717) is 33.6 Å². The zero-order valence-corrected chi connectivity index (χ0v) is 13.7. The molecule has 0 aliphatic carbocycles. The fourth-order valence-electron chi connectivity index (χ4n) is 3.02. The van der Waals surface area contributed by atoms with E-state index in [2.05, 4.69) is 15.3 Å². The second-order valence-electron chi connectivity index (χ2n) is 6.01. The second kappa shape index (κ2) is 5.41. The molecule has 25 heavy (non-hydrogen) atoms. The van der Waals surface area contributed by atoms with E-state index in [9.17, 15) is 9.18 Å². The number of nitrogen functional groups attached to an aromatic ring is 1. The number of aromatic nitrogens is 2. The van der Waals surface area contributed by atoms with Crippen LogP contribution in [0.4, 0.5) is 15.8 Å². The van der Waals surface area contributed by atoms with Crippen LogP contribution in [0.2, 0.25) is 0 Å². The Bertz CT molecular complexity index is 1050. The summed E-state index contributed by atoms with van der Waals surface area (Å²) in [5.74, 6) is -0.476. The number of anilines is 2. The fraction of sp³-hybridized carbons (Fsp3) is 0.167. The molecule has 0 saturated heterocycles. The highest BCUT2D eigenvalue weighted by Gasteiger charge is 2.23. The van der Waals surface area contributed by atoms with Gasteiger partial charge >= 0.3 is 0 Å². The minimum absolute atomic E-state index is 0.0393. The second-order valence-corrected chi connectivity index (χ2v) is 6.01. The molecule has 126 valence electrons. The van der Waals surface area contributed by atoms with Crippen LogP contribution in [0.25, 0.3) is 21.9 Å². The van der Waals surface area contributed by atoms with Crippen molar-refractivity contribution in [2.75, 3.05) is 17.7 Å². The number of pyridine rings is 2.